The molecule has 0 heterocycles. The zero-order valence-corrected chi connectivity index (χ0v) is 11.3. The molecule has 3 heteroatoms. The van der Waals surface area contributed by atoms with Crippen LogP contribution in [0.15, 0.2) is 22.7 Å². The van der Waals surface area contributed by atoms with Crippen LogP contribution >= 0.6 is 27.5 Å². The fourth-order valence-electron chi connectivity index (χ4n) is 1.73. The number of aliphatic hydroxyl groups is 1. The predicted octanol–water partition coefficient (Wildman–Crippen LogP) is 4.57. The summed E-state index contributed by atoms with van der Waals surface area (Å²) in [5, 5.41) is 10.8. The Morgan fingerprint density at radius 1 is 1.33 bits per heavy atom. The van der Waals surface area contributed by atoms with Crippen LogP contribution in [0.4, 0.5) is 0 Å². The molecule has 0 aromatic heterocycles. The highest BCUT2D eigenvalue weighted by molar-refractivity contribution is 9.10. The average Bonchev–Trinajstić information content (AvgIpc) is 2.23. The van der Waals surface area contributed by atoms with Crippen LogP contribution < -0.4 is 0 Å². The molecule has 0 amide bonds. The lowest BCUT2D eigenvalue weighted by Crippen LogP contribution is -2.11. The SMILES string of the molecule is CCC(CC)C(O)c1cc(Br)ccc1Cl. The van der Waals surface area contributed by atoms with Crippen LogP contribution in [0.3, 0.4) is 0 Å². The van der Waals surface area contributed by atoms with Gasteiger partial charge in [0.1, 0.15) is 0 Å². The Hall–Kier alpha value is -0.0500. The van der Waals surface area contributed by atoms with Gasteiger partial charge in [-0.2, -0.15) is 0 Å². The number of rotatable bonds is 4. The Kier molecular flexibility index (Phi) is 5.10. The molecule has 1 nitrogen and oxygen atoms in total. The van der Waals surface area contributed by atoms with Crippen LogP contribution in [-0.4, -0.2) is 5.11 Å². The normalized spacial score (nSPS) is 13.2. The summed E-state index contributed by atoms with van der Waals surface area (Å²) < 4.78 is 0.951. The van der Waals surface area contributed by atoms with Crippen molar-refractivity contribution in [2.24, 2.45) is 5.92 Å². The first kappa shape index (κ1) is 13.0. The highest BCUT2D eigenvalue weighted by Crippen LogP contribution is 2.33. The Morgan fingerprint density at radius 2 is 1.93 bits per heavy atom. The minimum Gasteiger partial charge on any atom is -0.388 e. The van der Waals surface area contributed by atoms with Gasteiger partial charge in [-0.25, -0.2) is 0 Å². The van der Waals surface area contributed by atoms with E-state index >= 15 is 0 Å². The standard InChI is InChI=1S/C12H16BrClO/c1-3-8(4-2)12(15)10-7-9(13)5-6-11(10)14/h5-8,12,15H,3-4H2,1-2H3. The van der Waals surface area contributed by atoms with Crippen LogP contribution in [-0.2, 0) is 0 Å². The van der Waals surface area contributed by atoms with Gasteiger partial charge in [-0.1, -0.05) is 54.2 Å². The maximum atomic E-state index is 10.2. The van der Waals surface area contributed by atoms with Gasteiger partial charge in [-0.05, 0) is 24.1 Å². The first-order chi connectivity index (χ1) is 7.10. The molecule has 0 saturated carbocycles. The van der Waals surface area contributed by atoms with Crippen molar-refractivity contribution in [2.75, 3.05) is 0 Å². The van der Waals surface area contributed by atoms with Gasteiger partial charge in [0, 0.05) is 15.1 Å². The number of hydrogen-bond donors (Lipinski definition) is 1. The highest BCUT2D eigenvalue weighted by Gasteiger charge is 2.19. The second kappa shape index (κ2) is 5.88. The second-order valence-corrected chi connectivity index (χ2v) is 5.01. The van der Waals surface area contributed by atoms with E-state index in [0.29, 0.717) is 5.02 Å². The molecule has 1 aromatic carbocycles. The lowest BCUT2D eigenvalue weighted by molar-refractivity contribution is 0.103. The third-order valence-electron chi connectivity index (χ3n) is 2.77. The van der Waals surface area contributed by atoms with Gasteiger partial charge in [0.15, 0.2) is 0 Å². The molecule has 1 atom stereocenters. The number of aliphatic hydroxyl groups excluding tert-OH is 1. The second-order valence-electron chi connectivity index (χ2n) is 3.69. The molecule has 1 N–H and O–H groups in total. The van der Waals surface area contributed by atoms with Crippen LogP contribution in [0.5, 0.6) is 0 Å². The number of halogens is 2. The molecule has 0 fully saturated rings. The van der Waals surface area contributed by atoms with Crippen molar-refractivity contribution < 1.29 is 5.11 Å². The van der Waals surface area contributed by atoms with E-state index in [-0.39, 0.29) is 5.92 Å². The van der Waals surface area contributed by atoms with E-state index in [1.807, 2.05) is 18.2 Å². The molecule has 0 radical (unpaired) electrons. The summed E-state index contributed by atoms with van der Waals surface area (Å²) in [5.41, 5.74) is 0.819. The highest BCUT2D eigenvalue weighted by atomic mass is 79.9. The Morgan fingerprint density at radius 3 is 2.47 bits per heavy atom. The first-order valence-corrected chi connectivity index (χ1v) is 6.40. The van der Waals surface area contributed by atoms with Gasteiger partial charge < -0.3 is 5.11 Å². The first-order valence-electron chi connectivity index (χ1n) is 5.23. The summed E-state index contributed by atoms with van der Waals surface area (Å²) in [7, 11) is 0. The van der Waals surface area contributed by atoms with Crippen molar-refractivity contribution in [2.45, 2.75) is 32.8 Å². The summed E-state index contributed by atoms with van der Waals surface area (Å²) in [5.74, 6) is 0.275. The van der Waals surface area contributed by atoms with Crippen molar-refractivity contribution in [3.05, 3.63) is 33.3 Å². The van der Waals surface area contributed by atoms with E-state index in [2.05, 4.69) is 29.8 Å². The van der Waals surface area contributed by atoms with Gasteiger partial charge in [-0.3, -0.25) is 0 Å². The van der Waals surface area contributed by atoms with Crippen molar-refractivity contribution in [3.8, 4) is 0 Å². The van der Waals surface area contributed by atoms with Gasteiger partial charge in [-0.15, -0.1) is 0 Å². The minimum absolute atomic E-state index is 0.275. The largest absolute Gasteiger partial charge is 0.388 e. The molecule has 1 aromatic rings. The molecule has 0 aliphatic rings. The van der Waals surface area contributed by atoms with Crippen LogP contribution in [0.25, 0.3) is 0 Å². The molecule has 1 unspecified atom stereocenters. The van der Waals surface area contributed by atoms with Gasteiger partial charge in [0.05, 0.1) is 6.10 Å². The fourth-order valence-corrected chi connectivity index (χ4v) is 2.34. The molecule has 0 aliphatic carbocycles. The molecule has 15 heavy (non-hydrogen) atoms. The molecular weight excluding hydrogens is 275 g/mol. The average molecular weight is 292 g/mol. The van der Waals surface area contributed by atoms with E-state index < -0.39 is 6.10 Å². The number of hydrogen-bond acceptors (Lipinski definition) is 1. The van der Waals surface area contributed by atoms with Crippen molar-refractivity contribution >= 4 is 27.5 Å². The molecule has 0 aliphatic heterocycles. The Balaban J connectivity index is 2.98. The Bertz CT molecular complexity index is 323. The molecule has 0 saturated heterocycles. The third-order valence-corrected chi connectivity index (χ3v) is 3.61. The van der Waals surface area contributed by atoms with Gasteiger partial charge >= 0.3 is 0 Å². The molecule has 1 rings (SSSR count). The maximum absolute atomic E-state index is 10.2. The third kappa shape index (κ3) is 3.20. The van der Waals surface area contributed by atoms with Crippen LogP contribution in [0.2, 0.25) is 5.02 Å². The van der Waals surface area contributed by atoms with E-state index in [4.69, 9.17) is 11.6 Å². The summed E-state index contributed by atoms with van der Waals surface area (Å²) in [6, 6.07) is 5.59. The predicted molar refractivity (Wildman–Crippen MR) is 68.2 cm³/mol. The smallest absolute Gasteiger partial charge is 0.0832 e. The fraction of sp³-hybridized carbons (Fsp3) is 0.500. The van der Waals surface area contributed by atoms with Crippen LogP contribution in [0, 0.1) is 5.92 Å². The monoisotopic (exact) mass is 290 g/mol. The summed E-state index contributed by atoms with van der Waals surface area (Å²) in [6.45, 7) is 4.17. The minimum atomic E-state index is -0.468. The van der Waals surface area contributed by atoms with E-state index in [1.54, 1.807) is 0 Å². The Labute approximate surface area is 105 Å². The van der Waals surface area contributed by atoms with E-state index in [0.717, 1.165) is 22.9 Å². The zero-order valence-electron chi connectivity index (χ0n) is 9.00. The zero-order chi connectivity index (χ0) is 11.4. The lowest BCUT2D eigenvalue weighted by atomic mass is 9.91. The van der Waals surface area contributed by atoms with E-state index in [9.17, 15) is 5.11 Å². The van der Waals surface area contributed by atoms with E-state index in [1.165, 1.54) is 0 Å². The number of benzene rings is 1. The summed E-state index contributed by atoms with van der Waals surface area (Å²) in [6.07, 6.45) is 1.45. The van der Waals surface area contributed by atoms with Crippen LogP contribution in [0.1, 0.15) is 38.4 Å². The van der Waals surface area contributed by atoms with Gasteiger partial charge in [0.2, 0.25) is 0 Å². The summed E-state index contributed by atoms with van der Waals surface area (Å²) >= 11 is 9.46. The summed E-state index contributed by atoms with van der Waals surface area (Å²) in [4.78, 5) is 0. The molecule has 84 valence electrons. The molecule has 0 spiro atoms. The topological polar surface area (TPSA) is 20.2 Å². The molecular formula is C12H16BrClO. The molecule has 0 bridgehead atoms. The maximum Gasteiger partial charge on any atom is 0.0832 e. The van der Waals surface area contributed by atoms with Crippen molar-refractivity contribution in [1.29, 1.82) is 0 Å². The van der Waals surface area contributed by atoms with Crippen molar-refractivity contribution in [1.82, 2.24) is 0 Å². The van der Waals surface area contributed by atoms with Crippen molar-refractivity contribution in [3.63, 3.8) is 0 Å². The van der Waals surface area contributed by atoms with Gasteiger partial charge in [0.25, 0.3) is 0 Å². The quantitative estimate of drug-likeness (QED) is 0.861. The lowest BCUT2D eigenvalue weighted by Gasteiger charge is -2.21.